The summed E-state index contributed by atoms with van der Waals surface area (Å²) in [4.78, 5) is 17.9. The third kappa shape index (κ3) is 5.49. The monoisotopic (exact) mass is 461 g/mol. The minimum Gasteiger partial charge on any atom is -0.496 e. The summed E-state index contributed by atoms with van der Waals surface area (Å²) in [5.74, 6) is 2.15. The molecule has 0 amide bonds. The number of nitrogens with zero attached hydrogens (tertiary/aromatic N) is 3. The quantitative estimate of drug-likeness (QED) is 0.311. The number of benzene rings is 2. The molecule has 4 aromatic rings. The molecule has 0 aliphatic heterocycles. The lowest BCUT2D eigenvalue weighted by molar-refractivity contribution is 0.305. The van der Waals surface area contributed by atoms with Crippen LogP contribution in [0.4, 0.5) is 0 Å². The summed E-state index contributed by atoms with van der Waals surface area (Å²) in [6.45, 7) is 2.92. The van der Waals surface area contributed by atoms with Crippen molar-refractivity contribution in [3.05, 3.63) is 75.1 Å². The SMILES string of the molecule is CCCCCCOc1ccc(-c2nc3s/c(=C\C=C\c4ccccc4OC)c(=O)n3n2)cc1. The molecule has 0 unspecified atom stereocenters. The maximum Gasteiger partial charge on any atom is 0.291 e. The molecule has 33 heavy (non-hydrogen) atoms. The van der Waals surface area contributed by atoms with Crippen molar-refractivity contribution in [1.82, 2.24) is 14.6 Å². The van der Waals surface area contributed by atoms with Gasteiger partial charge in [0.2, 0.25) is 4.96 Å². The molecule has 0 atom stereocenters. The van der Waals surface area contributed by atoms with E-state index in [9.17, 15) is 4.79 Å². The Morgan fingerprint density at radius 2 is 1.88 bits per heavy atom. The standard InChI is InChI=1S/C26H27N3O3S/c1-3-4-5-8-18-32-21-16-14-20(15-17-21)24-27-26-29(28-24)25(30)23(33-26)13-9-11-19-10-6-7-12-22(19)31-2/h6-7,9-17H,3-5,8,18H2,1-2H3/b11-9+,23-13-. The predicted molar refractivity (Wildman–Crippen MR) is 134 cm³/mol. The van der Waals surface area contributed by atoms with Gasteiger partial charge in [0.25, 0.3) is 5.56 Å². The average molecular weight is 462 g/mol. The molecule has 0 radical (unpaired) electrons. The highest BCUT2D eigenvalue weighted by atomic mass is 32.1. The van der Waals surface area contributed by atoms with Crippen LogP contribution in [0.3, 0.4) is 0 Å². The number of ether oxygens (including phenoxy) is 2. The van der Waals surface area contributed by atoms with E-state index in [1.807, 2.05) is 60.7 Å². The van der Waals surface area contributed by atoms with Crippen LogP contribution in [-0.2, 0) is 0 Å². The first-order chi connectivity index (χ1) is 16.2. The molecule has 0 aliphatic carbocycles. The first-order valence-electron chi connectivity index (χ1n) is 11.1. The number of hydrogen-bond acceptors (Lipinski definition) is 6. The second-order valence-corrected chi connectivity index (χ2v) is 8.61. The predicted octanol–water partition coefficient (Wildman–Crippen LogP) is 5.00. The number of thiazole rings is 1. The van der Waals surface area contributed by atoms with Crippen LogP contribution in [-0.4, -0.2) is 28.3 Å². The van der Waals surface area contributed by atoms with Gasteiger partial charge in [0, 0.05) is 11.1 Å². The van der Waals surface area contributed by atoms with Gasteiger partial charge in [0.05, 0.1) is 18.2 Å². The molecule has 2 aromatic heterocycles. The highest BCUT2D eigenvalue weighted by Crippen LogP contribution is 2.21. The van der Waals surface area contributed by atoms with Crippen molar-refractivity contribution in [3.63, 3.8) is 0 Å². The first-order valence-corrected chi connectivity index (χ1v) is 12.0. The maximum atomic E-state index is 12.7. The van der Waals surface area contributed by atoms with Crippen molar-refractivity contribution in [1.29, 1.82) is 0 Å². The Kier molecular flexibility index (Phi) is 7.52. The van der Waals surface area contributed by atoms with Crippen LogP contribution in [0, 0.1) is 0 Å². The Balaban J connectivity index is 1.47. The first kappa shape index (κ1) is 22.7. The van der Waals surface area contributed by atoms with Crippen molar-refractivity contribution in [2.45, 2.75) is 32.6 Å². The number of aromatic nitrogens is 3. The lowest BCUT2D eigenvalue weighted by atomic mass is 10.2. The van der Waals surface area contributed by atoms with Crippen molar-refractivity contribution in [3.8, 4) is 22.9 Å². The van der Waals surface area contributed by atoms with Crippen LogP contribution >= 0.6 is 11.3 Å². The zero-order chi connectivity index (χ0) is 23.0. The number of hydrogen-bond donors (Lipinski definition) is 0. The Labute approximate surface area is 196 Å². The van der Waals surface area contributed by atoms with Crippen LogP contribution in [0.2, 0.25) is 0 Å². The van der Waals surface area contributed by atoms with Gasteiger partial charge in [0.1, 0.15) is 11.5 Å². The molecule has 2 aromatic carbocycles. The summed E-state index contributed by atoms with van der Waals surface area (Å²) in [6, 6.07) is 15.4. The summed E-state index contributed by atoms with van der Waals surface area (Å²) < 4.78 is 13.1. The largest absolute Gasteiger partial charge is 0.496 e. The van der Waals surface area contributed by atoms with Gasteiger partial charge in [0.15, 0.2) is 5.82 Å². The third-order valence-corrected chi connectivity index (χ3v) is 6.20. The molecule has 170 valence electrons. The van der Waals surface area contributed by atoms with E-state index in [1.54, 1.807) is 13.2 Å². The summed E-state index contributed by atoms with van der Waals surface area (Å²) in [6.07, 6.45) is 10.2. The molecular formula is C26H27N3O3S. The molecule has 7 heteroatoms. The lowest BCUT2D eigenvalue weighted by Crippen LogP contribution is -2.23. The lowest BCUT2D eigenvalue weighted by Gasteiger charge is -2.06. The Morgan fingerprint density at radius 3 is 2.64 bits per heavy atom. The Bertz CT molecular complexity index is 1340. The molecule has 0 aliphatic rings. The molecule has 0 spiro atoms. The van der Waals surface area contributed by atoms with E-state index in [1.165, 1.54) is 35.1 Å². The number of rotatable bonds is 10. The van der Waals surface area contributed by atoms with Crippen LogP contribution in [0.5, 0.6) is 11.5 Å². The van der Waals surface area contributed by atoms with Crippen molar-refractivity contribution >= 4 is 28.4 Å². The van der Waals surface area contributed by atoms with Crippen LogP contribution < -0.4 is 19.6 Å². The van der Waals surface area contributed by atoms with Gasteiger partial charge in [-0.3, -0.25) is 4.79 Å². The molecule has 0 fully saturated rings. The van der Waals surface area contributed by atoms with E-state index < -0.39 is 0 Å². The van der Waals surface area contributed by atoms with Gasteiger partial charge in [-0.2, -0.15) is 9.50 Å². The highest BCUT2D eigenvalue weighted by molar-refractivity contribution is 7.15. The summed E-state index contributed by atoms with van der Waals surface area (Å²) in [5, 5.41) is 4.42. The topological polar surface area (TPSA) is 65.7 Å². The Morgan fingerprint density at radius 1 is 1.06 bits per heavy atom. The van der Waals surface area contributed by atoms with E-state index >= 15 is 0 Å². The third-order valence-electron chi connectivity index (χ3n) is 5.22. The van der Waals surface area contributed by atoms with E-state index in [-0.39, 0.29) is 5.56 Å². The molecule has 0 N–H and O–H groups in total. The number of allylic oxidation sites excluding steroid dienone is 1. The van der Waals surface area contributed by atoms with Gasteiger partial charge in [-0.05, 0) is 42.8 Å². The Hall–Kier alpha value is -3.45. The van der Waals surface area contributed by atoms with Gasteiger partial charge >= 0.3 is 0 Å². The van der Waals surface area contributed by atoms with Crippen molar-refractivity contribution in [2.75, 3.05) is 13.7 Å². The molecule has 4 rings (SSSR count). The van der Waals surface area contributed by atoms with Crippen LogP contribution in [0.25, 0.3) is 28.5 Å². The van der Waals surface area contributed by atoms with Gasteiger partial charge in [-0.1, -0.05) is 67.9 Å². The number of para-hydroxylation sites is 1. The van der Waals surface area contributed by atoms with Crippen LogP contribution in [0.1, 0.15) is 38.2 Å². The van der Waals surface area contributed by atoms with E-state index in [4.69, 9.17) is 9.47 Å². The summed E-state index contributed by atoms with van der Waals surface area (Å²) in [5.41, 5.74) is 1.62. The second-order valence-electron chi connectivity index (χ2n) is 7.60. The fourth-order valence-corrected chi connectivity index (χ4v) is 4.29. The van der Waals surface area contributed by atoms with E-state index in [0.717, 1.165) is 35.7 Å². The molecule has 0 bridgehead atoms. The normalized spacial score (nSPS) is 12.1. The zero-order valence-electron chi connectivity index (χ0n) is 18.9. The second kappa shape index (κ2) is 10.9. The molecular weight excluding hydrogens is 434 g/mol. The maximum absolute atomic E-state index is 12.7. The van der Waals surface area contributed by atoms with Crippen molar-refractivity contribution in [2.24, 2.45) is 0 Å². The van der Waals surface area contributed by atoms with E-state index in [2.05, 4.69) is 17.0 Å². The fourth-order valence-electron chi connectivity index (χ4n) is 3.43. The van der Waals surface area contributed by atoms with Gasteiger partial charge < -0.3 is 9.47 Å². The van der Waals surface area contributed by atoms with Gasteiger partial charge in [-0.15, -0.1) is 5.10 Å². The number of unbranched alkanes of at least 4 members (excludes halogenated alkanes) is 3. The fraction of sp³-hybridized carbons (Fsp3) is 0.269. The van der Waals surface area contributed by atoms with E-state index in [0.29, 0.717) is 15.3 Å². The average Bonchev–Trinajstić information content (AvgIpc) is 3.39. The summed E-state index contributed by atoms with van der Waals surface area (Å²) >= 11 is 1.32. The number of methoxy groups -OCH3 is 1. The smallest absolute Gasteiger partial charge is 0.291 e. The van der Waals surface area contributed by atoms with Gasteiger partial charge in [-0.25, -0.2) is 0 Å². The number of fused-ring (bicyclic) bond motifs is 1. The minimum absolute atomic E-state index is 0.176. The molecule has 2 heterocycles. The highest BCUT2D eigenvalue weighted by Gasteiger charge is 2.11. The molecule has 0 saturated carbocycles. The van der Waals surface area contributed by atoms with Crippen molar-refractivity contribution < 1.29 is 9.47 Å². The summed E-state index contributed by atoms with van der Waals surface area (Å²) in [7, 11) is 1.64. The zero-order valence-corrected chi connectivity index (χ0v) is 19.7. The molecule has 0 saturated heterocycles. The minimum atomic E-state index is -0.176. The van der Waals surface area contributed by atoms with Crippen LogP contribution in [0.15, 0.2) is 59.4 Å². The molecule has 6 nitrogen and oxygen atoms in total.